The second kappa shape index (κ2) is 2.83. The Morgan fingerprint density at radius 3 is 2.92 bits per heavy atom. The van der Waals surface area contributed by atoms with Crippen molar-refractivity contribution in [3.05, 3.63) is 18.2 Å². The van der Waals surface area contributed by atoms with Gasteiger partial charge in [0.05, 0.1) is 17.5 Å². The van der Waals surface area contributed by atoms with E-state index >= 15 is 0 Å². The highest BCUT2D eigenvalue weighted by molar-refractivity contribution is 5.79. The molecule has 13 heavy (non-hydrogen) atoms. The molecule has 1 aliphatic rings. The summed E-state index contributed by atoms with van der Waals surface area (Å²) in [6.07, 6.45) is 0.391. The highest BCUT2D eigenvalue weighted by atomic mass is 15.3. The lowest BCUT2D eigenvalue weighted by atomic mass is 10.2. The zero-order valence-corrected chi connectivity index (χ0v) is 8.26. The third-order valence-corrected chi connectivity index (χ3v) is 2.61. The molecular weight excluding hydrogens is 162 g/mol. The first-order valence-electron chi connectivity index (χ1n) is 4.53. The van der Waals surface area contributed by atoms with Crippen LogP contribution in [0.15, 0.2) is 18.2 Å². The van der Waals surface area contributed by atoms with E-state index in [-0.39, 0.29) is 0 Å². The highest BCUT2D eigenvalue weighted by Gasteiger charge is 2.21. The predicted octanol–water partition coefficient (Wildman–Crippen LogP) is 1.94. The van der Waals surface area contributed by atoms with Gasteiger partial charge in [-0.2, -0.15) is 0 Å². The molecule has 0 spiro atoms. The Morgan fingerprint density at radius 1 is 1.46 bits per heavy atom. The van der Waals surface area contributed by atoms with Crippen LogP contribution in [0.25, 0.3) is 0 Å². The van der Waals surface area contributed by atoms with Gasteiger partial charge in [0.1, 0.15) is 0 Å². The van der Waals surface area contributed by atoms with Crippen molar-refractivity contribution in [1.29, 1.82) is 0 Å². The number of benzene rings is 1. The Kier molecular flexibility index (Phi) is 1.79. The van der Waals surface area contributed by atoms with Crippen molar-refractivity contribution in [1.82, 2.24) is 0 Å². The fraction of sp³-hybridized carbons (Fsp3) is 0.400. The summed E-state index contributed by atoms with van der Waals surface area (Å²) < 4.78 is 0. The van der Waals surface area contributed by atoms with Crippen molar-refractivity contribution in [2.45, 2.75) is 13.1 Å². The number of nitrogens with one attached hydrogen (secondary N) is 2. The van der Waals surface area contributed by atoms with Crippen LogP contribution >= 0.6 is 0 Å². The Hall–Kier alpha value is -1.38. The van der Waals surface area contributed by atoms with E-state index in [0.717, 1.165) is 5.69 Å². The average Bonchev–Trinajstić information content (AvgIpc) is 2.42. The van der Waals surface area contributed by atoms with Gasteiger partial charge < -0.3 is 15.5 Å². The lowest BCUT2D eigenvalue weighted by molar-refractivity contribution is 0.806. The van der Waals surface area contributed by atoms with Crippen LogP contribution in [-0.4, -0.2) is 20.3 Å². The molecule has 1 aliphatic heterocycles. The lowest BCUT2D eigenvalue weighted by Crippen LogP contribution is -2.28. The van der Waals surface area contributed by atoms with Crippen LogP contribution in [0.4, 0.5) is 17.1 Å². The molecule has 0 fully saturated rings. The first-order chi connectivity index (χ1) is 6.22. The molecule has 1 aromatic carbocycles. The minimum absolute atomic E-state index is 0.391. The van der Waals surface area contributed by atoms with E-state index in [4.69, 9.17) is 0 Å². The molecule has 0 bridgehead atoms. The van der Waals surface area contributed by atoms with Crippen LogP contribution in [0.1, 0.15) is 6.92 Å². The summed E-state index contributed by atoms with van der Waals surface area (Å²) in [5.74, 6) is 0. The van der Waals surface area contributed by atoms with Crippen molar-refractivity contribution in [2.24, 2.45) is 0 Å². The summed E-state index contributed by atoms with van der Waals surface area (Å²) >= 11 is 0. The monoisotopic (exact) mass is 177 g/mol. The molecule has 0 aliphatic carbocycles. The van der Waals surface area contributed by atoms with E-state index in [1.54, 1.807) is 0 Å². The Balaban J connectivity index is 2.40. The summed E-state index contributed by atoms with van der Waals surface area (Å²) in [5, 5.41) is 6.54. The number of fused-ring (bicyclic) bond motifs is 1. The molecule has 2 N–H and O–H groups in total. The summed E-state index contributed by atoms with van der Waals surface area (Å²) in [6, 6.07) is 6.36. The van der Waals surface area contributed by atoms with E-state index in [1.165, 1.54) is 11.4 Å². The number of anilines is 3. The molecule has 2 rings (SSSR count). The number of rotatable bonds is 1. The second-order valence-electron chi connectivity index (χ2n) is 3.41. The molecule has 3 nitrogen and oxygen atoms in total. The van der Waals surface area contributed by atoms with Crippen LogP contribution in [0.3, 0.4) is 0 Å². The van der Waals surface area contributed by atoms with Crippen LogP contribution in [-0.2, 0) is 0 Å². The van der Waals surface area contributed by atoms with Gasteiger partial charge in [-0.05, 0) is 25.1 Å². The van der Waals surface area contributed by atoms with Crippen LogP contribution in [0.2, 0.25) is 0 Å². The maximum atomic E-state index is 3.41. The molecule has 0 saturated heterocycles. The van der Waals surface area contributed by atoms with Crippen molar-refractivity contribution >= 4 is 17.1 Å². The second-order valence-corrected chi connectivity index (χ2v) is 3.41. The smallest absolute Gasteiger partial charge is 0.0959 e. The largest absolute Gasteiger partial charge is 0.388 e. The first kappa shape index (κ1) is 8.23. The van der Waals surface area contributed by atoms with E-state index in [2.05, 4.69) is 47.7 Å². The molecule has 70 valence electrons. The normalized spacial score (nSPS) is 19.6. The highest BCUT2D eigenvalue weighted by Crippen LogP contribution is 2.34. The minimum atomic E-state index is 0.391. The van der Waals surface area contributed by atoms with E-state index in [1.807, 2.05) is 7.05 Å². The lowest BCUT2D eigenvalue weighted by Gasteiger charge is -2.16. The van der Waals surface area contributed by atoms with Gasteiger partial charge in [-0.15, -0.1) is 0 Å². The van der Waals surface area contributed by atoms with Gasteiger partial charge >= 0.3 is 0 Å². The number of hydrogen-bond acceptors (Lipinski definition) is 3. The quantitative estimate of drug-likeness (QED) is 0.686. The fourth-order valence-corrected chi connectivity index (χ4v) is 1.65. The molecule has 0 radical (unpaired) electrons. The molecule has 1 atom stereocenters. The summed E-state index contributed by atoms with van der Waals surface area (Å²) in [7, 11) is 4.03. The standard InChI is InChI=1S/C10H15N3/c1-7-12-9-6-8(11-2)4-5-10(9)13(7)3/h4-7,11-12H,1-3H3. The van der Waals surface area contributed by atoms with Crippen molar-refractivity contribution in [2.75, 3.05) is 29.6 Å². The SMILES string of the molecule is CNc1ccc2c(c1)NC(C)N2C. The van der Waals surface area contributed by atoms with Crippen LogP contribution in [0.5, 0.6) is 0 Å². The first-order valence-corrected chi connectivity index (χ1v) is 4.53. The molecule has 1 aromatic rings. The molecular formula is C10H15N3. The van der Waals surface area contributed by atoms with Gasteiger partial charge in [-0.25, -0.2) is 0 Å². The fourth-order valence-electron chi connectivity index (χ4n) is 1.65. The minimum Gasteiger partial charge on any atom is -0.388 e. The molecule has 1 unspecified atom stereocenters. The Bertz CT molecular complexity index is 322. The van der Waals surface area contributed by atoms with Crippen molar-refractivity contribution in [3.8, 4) is 0 Å². The average molecular weight is 177 g/mol. The maximum Gasteiger partial charge on any atom is 0.0959 e. The van der Waals surface area contributed by atoms with Gasteiger partial charge in [0.2, 0.25) is 0 Å². The third-order valence-electron chi connectivity index (χ3n) is 2.61. The van der Waals surface area contributed by atoms with E-state index in [0.29, 0.717) is 6.17 Å². The molecule has 1 heterocycles. The predicted molar refractivity (Wildman–Crippen MR) is 57.5 cm³/mol. The molecule has 0 aromatic heterocycles. The topological polar surface area (TPSA) is 27.3 Å². The summed E-state index contributed by atoms with van der Waals surface area (Å²) in [5.41, 5.74) is 3.63. The van der Waals surface area contributed by atoms with Crippen molar-refractivity contribution < 1.29 is 0 Å². The molecule has 0 saturated carbocycles. The zero-order valence-electron chi connectivity index (χ0n) is 8.26. The zero-order chi connectivity index (χ0) is 9.42. The summed E-state index contributed by atoms with van der Waals surface area (Å²) in [6.45, 7) is 2.15. The van der Waals surface area contributed by atoms with Crippen LogP contribution in [0, 0.1) is 0 Å². The van der Waals surface area contributed by atoms with Gasteiger partial charge in [-0.1, -0.05) is 0 Å². The van der Waals surface area contributed by atoms with Crippen LogP contribution < -0.4 is 15.5 Å². The molecule has 0 amide bonds. The van der Waals surface area contributed by atoms with E-state index in [9.17, 15) is 0 Å². The maximum absolute atomic E-state index is 3.41. The van der Waals surface area contributed by atoms with Gasteiger partial charge in [0, 0.05) is 19.8 Å². The third kappa shape index (κ3) is 1.20. The molecule has 3 heteroatoms. The van der Waals surface area contributed by atoms with Gasteiger partial charge in [-0.3, -0.25) is 0 Å². The Labute approximate surface area is 78.7 Å². The summed E-state index contributed by atoms with van der Waals surface area (Å²) in [4.78, 5) is 2.23. The van der Waals surface area contributed by atoms with E-state index < -0.39 is 0 Å². The van der Waals surface area contributed by atoms with Crippen molar-refractivity contribution in [3.63, 3.8) is 0 Å². The number of hydrogen-bond donors (Lipinski definition) is 2. The number of nitrogens with zero attached hydrogens (tertiary/aromatic N) is 1. The van der Waals surface area contributed by atoms with Gasteiger partial charge in [0.25, 0.3) is 0 Å². The van der Waals surface area contributed by atoms with Gasteiger partial charge in [0.15, 0.2) is 0 Å². The Morgan fingerprint density at radius 2 is 2.23 bits per heavy atom.